The van der Waals surface area contributed by atoms with Crippen molar-refractivity contribution >= 4 is 6.09 Å². The first kappa shape index (κ1) is 17.0. The number of amides is 1. The maximum atomic E-state index is 11.7. The summed E-state index contributed by atoms with van der Waals surface area (Å²) in [5.74, 6) is 0.379. The highest BCUT2D eigenvalue weighted by molar-refractivity contribution is 5.68. The summed E-state index contributed by atoms with van der Waals surface area (Å²) in [5, 5.41) is 12.7. The Morgan fingerprint density at radius 3 is 2.39 bits per heavy atom. The number of hydrogen-bond donors (Lipinski definition) is 2. The molecule has 0 radical (unpaired) electrons. The molecular formula is C14H27NO3. The fourth-order valence-electron chi connectivity index (χ4n) is 1.61. The third-order valence-electron chi connectivity index (χ3n) is 2.30. The molecule has 0 aromatic carbocycles. The van der Waals surface area contributed by atoms with E-state index in [0.717, 1.165) is 0 Å². The Kier molecular flexibility index (Phi) is 6.99. The van der Waals surface area contributed by atoms with Crippen LogP contribution >= 0.6 is 0 Å². The Morgan fingerprint density at radius 1 is 1.44 bits per heavy atom. The molecule has 18 heavy (non-hydrogen) atoms. The van der Waals surface area contributed by atoms with E-state index >= 15 is 0 Å². The van der Waals surface area contributed by atoms with Crippen molar-refractivity contribution in [2.24, 2.45) is 5.92 Å². The number of carbonyl (C=O) groups is 1. The van der Waals surface area contributed by atoms with Crippen molar-refractivity contribution in [2.75, 3.05) is 0 Å². The van der Waals surface area contributed by atoms with Crippen LogP contribution < -0.4 is 5.32 Å². The standard InChI is InChI=1S/C14H27NO3/c1-7-8-12(16)11(9-10(2)3)15-13(17)18-14(4,5)6/h7,10-12,16H,1,8-9H2,2-6H3,(H,15,17)/t11-,12+/m0/s1. The highest BCUT2D eigenvalue weighted by Crippen LogP contribution is 2.13. The second-order valence-electron chi connectivity index (χ2n) is 5.97. The number of aliphatic hydroxyl groups excluding tert-OH is 1. The molecule has 0 saturated heterocycles. The van der Waals surface area contributed by atoms with Gasteiger partial charge in [0.1, 0.15) is 5.60 Å². The van der Waals surface area contributed by atoms with Crippen molar-refractivity contribution in [1.82, 2.24) is 5.32 Å². The van der Waals surface area contributed by atoms with E-state index in [1.54, 1.807) is 6.08 Å². The quantitative estimate of drug-likeness (QED) is 0.719. The van der Waals surface area contributed by atoms with Gasteiger partial charge in [0.05, 0.1) is 12.1 Å². The number of carbonyl (C=O) groups excluding carboxylic acids is 1. The summed E-state index contributed by atoms with van der Waals surface area (Å²) in [5.41, 5.74) is -0.532. The van der Waals surface area contributed by atoms with Crippen molar-refractivity contribution in [3.05, 3.63) is 12.7 Å². The molecule has 2 N–H and O–H groups in total. The lowest BCUT2D eigenvalue weighted by Gasteiger charge is -2.27. The first-order valence-corrected chi connectivity index (χ1v) is 6.44. The average molecular weight is 257 g/mol. The van der Waals surface area contributed by atoms with E-state index in [9.17, 15) is 9.90 Å². The smallest absolute Gasteiger partial charge is 0.407 e. The lowest BCUT2D eigenvalue weighted by Crippen LogP contribution is -2.46. The van der Waals surface area contributed by atoms with Gasteiger partial charge < -0.3 is 15.2 Å². The van der Waals surface area contributed by atoms with E-state index in [4.69, 9.17) is 4.74 Å². The van der Waals surface area contributed by atoms with Gasteiger partial charge in [-0.15, -0.1) is 6.58 Å². The van der Waals surface area contributed by atoms with Crippen LogP contribution in [0.3, 0.4) is 0 Å². The summed E-state index contributed by atoms with van der Waals surface area (Å²) in [6, 6.07) is -0.308. The molecule has 0 spiro atoms. The minimum Gasteiger partial charge on any atom is -0.444 e. The van der Waals surface area contributed by atoms with Crippen LogP contribution in [-0.2, 0) is 4.74 Å². The Balaban J connectivity index is 4.48. The molecule has 2 atom stereocenters. The third-order valence-corrected chi connectivity index (χ3v) is 2.30. The zero-order valence-electron chi connectivity index (χ0n) is 12.2. The molecule has 0 saturated carbocycles. The molecule has 4 heteroatoms. The first-order chi connectivity index (χ1) is 8.15. The van der Waals surface area contributed by atoms with Crippen LogP contribution in [0.5, 0.6) is 0 Å². The number of rotatable bonds is 6. The van der Waals surface area contributed by atoms with Crippen LogP contribution in [0.1, 0.15) is 47.5 Å². The van der Waals surface area contributed by atoms with Gasteiger partial charge in [-0.3, -0.25) is 0 Å². The van der Waals surface area contributed by atoms with Crippen LogP contribution in [0.2, 0.25) is 0 Å². The fraction of sp³-hybridized carbons (Fsp3) is 0.786. The summed E-state index contributed by atoms with van der Waals surface area (Å²) in [6.45, 7) is 13.1. The molecule has 0 aliphatic heterocycles. The summed E-state index contributed by atoms with van der Waals surface area (Å²) >= 11 is 0. The zero-order chi connectivity index (χ0) is 14.3. The third kappa shape index (κ3) is 8.12. The SMILES string of the molecule is C=CC[C@@H](O)[C@H](CC(C)C)NC(=O)OC(C)(C)C. The lowest BCUT2D eigenvalue weighted by atomic mass is 9.97. The summed E-state index contributed by atoms with van der Waals surface area (Å²) < 4.78 is 5.19. The number of hydrogen-bond acceptors (Lipinski definition) is 3. The van der Waals surface area contributed by atoms with Gasteiger partial charge in [0.15, 0.2) is 0 Å². The highest BCUT2D eigenvalue weighted by atomic mass is 16.6. The molecule has 0 bridgehead atoms. The minimum absolute atomic E-state index is 0.308. The monoisotopic (exact) mass is 257 g/mol. The molecule has 106 valence electrons. The summed E-state index contributed by atoms with van der Waals surface area (Å²) in [4.78, 5) is 11.7. The molecular weight excluding hydrogens is 230 g/mol. The number of ether oxygens (including phenoxy) is 1. The molecule has 0 unspecified atom stereocenters. The predicted octanol–water partition coefficient (Wildman–Crippen LogP) is 2.86. The van der Waals surface area contributed by atoms with Crippen molar-refractivity contribution in [2.45, 2.75) is 65.2 Å². The largest absolute Gasteiger partial charge is 0.444 e. The van der Waals surface area contributed by atoms with Gasteiger partial charge in [-0.2, -0.15) is 0 Å². The molecule has 0 heterocycles. The normalized spacial score (nSPS) is 15.1. The minimum atomic E-state index is -0.627. The van der Waals surface area contributed by atoms with Crippen LogP contribution in [0, 0.1) is 5.92 Å². The number of aliphatic hydroxyl groups is 1. The molecule has 1 amide bonds. The Labute approximate surface area is 110 Å². The van der Waals surface area contributed by atoms with Gasteiger partial charge in [0.25, 0.3) is 0 Å². The topological polar surface area (TPSA) is 58.6 Å². The highest BCUT2D eigenvalue weighted by Gasteiger charge is 2.24. The molecule has 4 nitrogen and oxygen atoms in total. The van der Waals surface area contributed by atoms with Gasteiger partial charge in [-0.05, 0) is 39.5 Å². The number of alkyl carbamates (subject to hydrolysis) is 1. The molecule has 0 aliphatic carbocycles. The van der Waals surface area contributed by atoms with Gasteiger partial charge in [0.2, 0.25) is 0 Å². The van der Waals surface area contributed by atoms with E-state index in [1.165, 1.54) is 0 Å². The molecule has 0 rings (SSSR count). The Morgan fingerprint density at radius 2 is 2.00 bits per heavy atom. The second-order valence-corrected chi connectivity index (χ2v) is 5.97. The number of nitrogens with one attached hydrogen (secondary N) is 1. The van der Waals surface area contributed by atoms with Crippen molar-refractivity contribution in [3.63, 3.8) is 0 Å². The molecule has 0 aromatic heterocycles. The van der Waals surface area contributed by atoms with E-state index in [2.05, 4.69) is 11.9 Å². The maximum Gasteiger partial charge on any atom is 0.407 e. The summed E-state index contributed by atoms with van der Waals surface area (Å²) in [7, 11) is 0. The van der Waals surface area contributed by atoms with Crippen LogP contribution in [0.25, 0.3) is 0 Å². The lowest BCUT2D eigenvalue weighted by molar-refractivity contribution is 0.0407. The van der Waals surface area contributed by atoms with Crippen LogP contribution in [0.4, 0.5) is 4.79 Å². The van der Waals surface area contributed by atoms with E-state index in [-0.39, 0.29) is 6.04 Å². The van der Waals surface area contributed by atoms with Crippen LogP contribution in [-0.4, -0.2) is 28.9 Å². The van der Waals surface area contributed by atoms with E-state index < -0.39 is 17.8 Å². The van der Waals surface area contributed by atoms with Gasteiger partial charge in [-0.1, -0.05) is 19.9 Å². The molecule has 0 fully saturated rings. The van der Waals surface area contributed by atoms with Crippen molar-refractivity contribution in [3.8, 4) is 0 Å². The van der Waals surface area contributed by atoms with Gasteiger partial charge in [-0.25, -0.2) is 4.79 Å². The summed E-state index contributed by atoms with van der Waals surface area (Å²) in [6.07, 6.45) is 1.68. The molecule has 0 aliphatic rings. The maximum absolute atomic E-state index is 11.7. The Hall–Kier alpha value is -1.03. The average Bonchev–Trinajstić information content (AvgIpc) is 2.13. The van der Waals surface area contributed by atoms with Gasteiger partial charge >= 0.3 is 6.09 Å². The second kappa shape index (κ2) is 7.41. The van der Waals surface area contributed by atoms with E-state index in [0.29, 0.717) is 18.8 Å². The molecule has 0 aromatic rings. The van der Waals surface area contributed by atoms with Gasteiger partial charge in [0, 0.05) is 0 Å². The van der Waals surface area contributed by atoms with Crippen molar-refractivity contribution in [1.29, 1.82) is 0 Å². The first-order valence-electron chi connectivity index (χ1n) is 6.44. The zero-order valence-corrected chi connectivity index (χ0v) is 12.2. The Bertz CT molecular complexity index is 269. The predicted molar refractivity (Wildman–Crippen MR) is 73.4 cm³/mol. The van der Waals surface area contributed by atoms with Crippen molar-refractivity contribution < 1.29 is 14.6 Å². The van der Waals surface area contributed by atoms with Crippen LogP contribution in [0.15, 0.2) is 12.7 Å². The fourth-order valence-corrected chi connectivity index (χ4v) is 1.61. The van der Waals surface area contributed by atoms with E-state index in [1.807, 2.05) is 34.6 Å².